The van der Waals surface area contributed by atoms with Crippen molar-refractivity contribution in [1.82, 2.24) is 20.3 Å². The quantitative estimate of drug-likeness (QED) is 0.628. The summed E-state index contributed by atoms with van der Waals surface area (Å²) >= 11 is 0. The summed E-state index contributed by atoms with van der Waals surface area (Å²) < 4.78 is 0. The topological polar surface area (TPSA) is 90.9 Å². The van der Waals surface area contributed by atoms with Gasteiger partial charge in [-0.05, 0) is 37.0 Å². The number of amides is 1. The predicted octanol–water partition coefficient (Wildman–Crippen LogP) is 3.12. The van der Waals surface area contributed by atoms with E-state index in [9.17, 15) is 9.90 Å². The van der Waals surface area contributed by atoms with E-state index < -0.39 is 6.04 Å². The molecule has 1 aromatic carbocycles. The first-order valence-electron chi connectivity index (χ1n) is 9.14. The Kier molecular flexibility index (Phi) is 4.73. The first kappa shape index (κ1) is 17.4. The maximum atomic E-state index is 12.6. The van der Waals surface area contributed by atoms with E-state index in [2.05, 4.69) is 15.3 Å². The highest BCUT2D eigenvalue weighted by atomic mass is 16.3. The molecule has 6 heteroatoms. The molecule has 3 aromatic rings. The van der Waals surface area contributed by atoms with Crippen LogP contribution in [0.1, 0.15) is 52.2 Å². The highest BCUT2D eigenvalue weighted by Gasteiger charge is 2.27. The lowest BCUT2D eigenvalue weighted by Gasteiger charge is -2.16. The van der Waals surface area contributed by atoms with E-state index in [0.29, 0.717) is 11.6 Å². The molecular formula is C21H22N4O2. The van der Waals surface area contributed by atoms with Gasteiger partial charge >= 0.3 is 0 Å². The number of hydrogen-bond donors (Lipinski definition) is 3. The Hall–Kier alpha value is -2.99. The van der Waals surface area contributed by atoms with Gasteiger partial charge in [0.1, 0.15) is 11.5 Å². The number of H-pyrrole nitrogens is 1. The molecule has 2 heterocycles. The van der Waals surface area contributed by atoms with Crippen molar-refractivity contribution in [3.63, 3.8) is 0 Å². The number of rotatable bonds is 6. The van der Waals surface area contributed by atoms with E-state index in [1.54, 1.807) is 12.3 Å². The molecule has 1 saturated carbocycles. The zero-order valence-corrected chi connectivity index (χ0v) is 15.1. The van der Waals surface area contributed by atoms with Crippen LogP contribution in [0.5, 0.6) is 0 Å². The Balaban J connectivity index is 1.54. The number of hydrogen-bond acceptors (Lipinski definition) is 4. The SMILES string of the molecule is Cc1cnc(C2CC2)nc1-c1c[nH]c(C(=O)NC(CO)c2ccccc2)c1. The van der Waals surface area contributed by atoms with Gasteiger partial charge < -0.3 is 15.4 Å². The van der Waals surface area contributed by atoms with Gasteiger partial charge in [-0.3, -0.25) is 4.79 Å². The molecule has 27 heavy (non-hydrogen) atoms. The molecule has 1 aliphatic carbocycles. The number of aromatic nitrogens is 3. The Labute approximate surface area is 157 Å². The van der Waals surface area contributed by atoms with Crippen molar-refractivity contribution in [1.29, 1.82) is 0 Å². The number of nitrogens with zero attached hydrogens (tertiary/aromatic N) is 2. The van der Waals surface area contributed by atoms with E-state index in [4.69, 9.17) is 4.98 Å². The molecule has 1 aliphatic rings. The van der Waals surface area contributed by atoms with Gasteiger partial charge in [0.05, 0.1) is 18.3 Å². The molecule has 138 valence electrons. The van der Waals surface area contributed by atoms with Crippen LogP contribution in [0.2, 0.25) is 0 Å². The summed E-state index contributed by atoms with van der Waals surface area (Å²) in [6.45, 7) is 1.80. The minimum absolute atomic E-state index is 0.168. The summed E-state index contributed by atoms with van der Waals surface area (Å²) in [7, 11) is 0. The predicted molar refractivity (Wildman–Crippen MR) is 102 cm³/mol. The summed E-state index contributed by atoms with van der Waals surface area (Å²) in [4.78, 5) is 24.8. The van der Waals surface area contributed by atoms with Crippen LogP contribution in [0.4, 0.5) is 0 Å². The monoisotopic (exact) mass is 362 g/mol. The van der Waals surface area contributed by atoms with Gasteiger partial charge in [0.2, 0.25) is 0 Å². The lowest BCUT2D eigenvalue weighted by Crippen LogP contribution is -2.30. The molecule has 1 amide bonds. The van der Waals surface area contributed by atoms with Crippen LogP contribution >= 0.6 is 0 Å². The first-order chi connectivity index (χ1) is 13.2. The fourth-order valence-corrected chi connectivity index (χ4v) is 3.10. The molecule has 1 fully saturated rings. The van der Waals surface area contributed by atoms with Crippen molar-refractivity contribution >= 4 is 5.91 Å². The average molecular weight is 362 g/mol. The van der Waals surface area contributed by atoms with E-state index in [1.807, 2.05) is 43.5 Å². The molecule has 0 aliphatic heterocycles. The van der Waals surface area contributed by atoms with E-state index >= 15 is 0 Å². The number of carbonyl (C=O) groups excluding carboxylic acids is 1. The van der Waals surface area contributed by atoms with Crippen molar-refractivity contribution in [3.8, 4) is 11.3 Å². The molecule has 1 atom stereocenters. The van der Waals surface area contributed by atoms with Gasteiger partial charge in [-0.2, -0.15) is 0 Å². The Morgan fingerprint density at radius 1 is 1.33 bits per heavy atom. The molecule has 2 aromatic heterocycles. The van der Waals surface area contributed by atoms with Crippen LogP contribution in [0.3, 0.4) is 0 Å². The van der Waals surface area contributed by atoms with Gasteiger partial charge in [-0.25, -0.2) is 9.97 Å². The third-order valence-corrected chi connectivity index (χ3v) is 4.82. The lowest BCUT2D eigenvalue weighted by atomic mass is 10.1. The van der Waals surface area contributed by atoms with E-state index in [-0.39, 0.29) is 12.5 Å². The molecule has 0 spiro atoms. The maximum Gasteiger partial charge on any atom is 0.268 e. The largest absolute Gasteiger partial charge is 0.394 e. The van der Waals surface area contributed by atoms with Gasteiger partial charge in [0.25, 0.3) is 5.91 Å². The Morgan fingerprint density at radius 3 is 2.81 bits per heavy atom. The second-order valence-electron chi connectivity index (χ2n) is 6.96. The van der Waals surface area contributed by atoms with Crippen LogP contribution in [-0.2, 0) is 0 Å². The molecule has 6 nitrogen and oxygen atoms in total. The van der Waals surface area contributed by atoms with Crippen LogP contribution < -0.4 is 5.32 Å². The van der Waals surface area contributed by atoms with Crippen molar-refractivity contribution < 1.29 is 9.90 Å². The summed E-state index contributed by atoms with van der Waals surface area (Å²) in [5.41, 5.74) is 3.99. The Morgan fingerprint density at radius 2 is 2.11 bits per heavy atom. The summed E-state index contributed by atoms with van der Waals surface area (Å²) in [5.74, 6) is 1.09. The number of aromatic amines is 1. The van der Waals surface area contributed by atoms with Crippen LogP contribution in [-0.4, -0.2) is 32.6 Å². The highest BCUT2D eigenvalue weighted by molar-refractivity contribution is 5.94. The maximum absolute atomic E-state index is 12.6. The third kappa shape index (κ3) is 3.75. The highest BCUT2D eigenvalue weighted by Crippen LogP contribution is 2.38. The van der Waals surface area contributed by atoms with Gasteiger partial charge in [-0.15, -0.1) is 0 Å². The fourth-order valence-electron chi connectivity index (χ4n) is 3.10. The molecular weight excluding hydrogens is 340 g/mol. The first-order valence-corrected chi connectivity index (χ1v) is 9.14. The second kappa shape index (κ2) is 7.32. The number of aliphatic hydroxyl groups is 1. The summed E-state index contributed by atoms with van der Waals surface area (Å²) in [5, 5.41) is 12.5. The smallest absolute Gasteiger partial charge is 0.268 e. The number of aliphatic hydroxyl groups excluding tert-OH is 1. The fraction of sp³-hybridized carbons (Fsp3) is 0.286. The minimum Gasteiger partial charge on any atom is -0.394 e. The standard InChI is InChI=1S/C21H22N4O2/c1-13-10-23-20(15-7-8-15)25-19(13)16-9-17(22-11-16)21(27)24-18(12-26)14-5-3-2-4-6-14/h2-6,9-11,15,18,22,26H,7-8,12H2,1H3,(H,24,27). The molecule has 0 radical (unpaired) electrons. The van der Waals surface area contributed by atoms with E-state index in [1.165, 1.54) is 0 Å². The minimum atomic E-state index is -0.451. The molecule has 1 unspecified atom stereocenters. The normalized spacial score (nSPS) is 14.7. The van der Waals surface area contributed by atoms with Crippen molar-refractivity contribution in [2.75, 3.05) is 6.61 Å². The van der Waals surface area contributed by atoms with Gasteiger partial charge in [0.15, 0.2) is 0 Å². The van der Waals surface area contributed by atoms with Crippen LogP contribution in [0, 0.1) is 6.92 Å². The van der Waals surface area contributed by atoms with Crippen molar-refractivity contribution in [2.45, 2.75) is 31.7 Å². The number of nitrogens with one attached hydrogen (secondary N) is 2. The average Bonchev–Trinajstić information content (AvgIpc) is 3.43. The van der Waals surface area contributed by atoms with E-state index in [0.717, 1.165) is 41.1 Å². The number of carbonyl (C=O) groups is 1. The zero-order valence-electron chi connectivity index (χ0n) is 15.1. The number of aryl methyl sites for hydroxylation is 1. The molecule has 0 bridgehead atoms. The van der Waals surface area contributed by atoms with Crippen LogP contribution in [0.25, 0.3) is 11.3 Å². The zero-order chi connectivity index (χ0) is 18.8. The summed E-state index contributed by atoms with van der Waals surface area (Å²) in [6, 6.07) is 10.8. The van der Waals surface area contributed by atoms with Crippen molar-refractivity contribution in [2.24, 2.45) is 0 Å². The Bertz CT molecular complexity index is 948. The number of benzene rings is 1. The summed E-state index contributed by atoms with van der Waals surface area (Å²) in [6.07, 6.45) is 5.92. The lowest BCUT2D eigenvalue weighted by molar-refractivity contribution is 0.0912. The molecule has 0 saturated heterocycles. The third-order valence-electron chi connectivity index (χ3n) is 4.82. The van der Waals surface area contributed by atoms with Gasteiger partial charge in [0, 0.05) is 23.9 Å². The second-order valence-corrected chi connectivity index (χ2v) is 6.96. The molecule has 4 rings (SSSR count). The van der Waals surface area contributed by atoms with Gasteiger partial charge in [-0.1, -0.05) is 30.3 Å². The van der Waals surface area contributed by atoms with Crippen molar-refractivity contribution in [3.05, 3.63) is 71.4 Å². The molecule has 3 N–H and O–H groups in total. The van der Waals surface area contributed by atoms with Crippen LogP contribution in [0.15, 0.2) is 48.8 Å².